The van der Waals surface area contributed by atoms with Gasteiger partial charge in [0.15, 0.2) is 5.82 Å². The van der Waals surface area contributed by atoms with Gasteiger partial charge < -0.3 is 14.8 Å². The van der Waals surface area contributed by atoms with Gasteiger partial charge in [0.1, 0.15) is 6.04 Å². The molecule has 2 aromatic heterocycles. The van der Waals surface area contributed by atoms with Gasteiger partial charge in [0.2, 0.25) is 5.91 Å². The number of anilines is 1. The number of aromatic amines is 1. The third kappa shape index (κ3) is 3.21. The molecule has 1 aliphatic heterocycles. The number of nitrogens with zero attached hydrogens (tertiary/aromatic N) is 5. The number of rotatable bonds is 3. The first-order valence-corrected chi connectivity index (χ1v) is 7.71. The van der Waals surface area contributed by atoms with Crippen LogP contribution in [0.2, 0.25) is 5.02 Å². The lowest BCUT2D eigenvalue weighted by atomic mass is 10.2. The van der Waals surface area contributed by atoms with Crippen molar-refractivity contribution in [3.05, 3.63) is 40.2 Å². The molecular formula is C14H17ClN6O2. The minimum absolute atomic E-state index is 0.0145. The molecule has 1 fully saturated rings. The van der Waals surface area contributed by atoms with E-state index >= 15 is 0 Å². The predicted octanol–water partition coefficient (Wildman–Crippen LogP) is 0.530. The summed E-state index contributed by atoms with van der Waals surface area (Å²) >= 11 is 5.84. The molecule has 1 saturated heterocycles. The van der Waals surface area contributed by atoms with Gasteiger partial charge in [-0.1, -0.05) is 11.6 Å². The molecule has 0 aliphatic carbocycles. The monoisotopic (exact) mass is 336 g/mol. The quantitative estimate of drug-likeness (QED) is 0.883. The third-order valence-electron chi connectivity index (χ3n) is 3.90. The van der Waals surface area contributed by atoms with Crippen LogP contribution in [-0.4, -0.2) is 56.7 Å². The molecular weight excluding hydrogens is 320 g/mol. The van der Waals surface area contributed by atoms with Crippen LogP contribution < -0.4 is 10.5 Å². The Morgan fingerprint density at radius 2 is 2.09 bits per heavy atom. The molecule has 1 amide bonds. The van der Waals surface area contributed by atoms with Crippen molar-refractivity contribution in [1.82, 2.24) is 24.6 Å². The smallest absolute Gasteiger partial charge is 0.290 e. The lowest BCUT2D eigenvalue weighted by Gasteiger charge is -2.36. The number of carbonyl (C=O) groups is 1. The summed E-state index contributed by atoms with van der Waals surface area (Å²) < 4.78 is 1.56. The highest BCUT2D eigenvalue weighted by Gasteiger charge is 2.27. The molecule has 1 aliphatic rings. The highest BCUT2D eigenvalue weighted by Crippen LogP contribution is 2.15. The van der Waals surface area contributed by atoms with Crippen molar-refractivity contribution in [3.8, 4) is 0 Å². The summed E-state index contributed by atoms with van der Waals surface area (Å²) in [6.45, 7) is 4.00. The molecule has 122 valence electrons. The van der Waals surface area contributed by atoms with Crippen LogP contribution in [0.4, 0.5) is 5.82 Å². The van der Waals surface area contributed by atoms with Gasteiger partial charge in [0.05, 0.1) is 11.2 Å². The van der Waals surface area contributed by atoms with E-state index in [0.29, 0.717) is 37.0 Å². The molecule has 8 nitrogen and oxygen atoms in total. The van der Waals surface area contributed by atoms with Crippen LogP contribution in [0.5, 0.6) is 0 Å². The maximum absolute atomic E-state index is 12.5. The third-order valence-corrected chi connectivity index (χ3v) is 4.10. The van der Waals surface area contributed by atoms with Gasteiger partial charge in [-0.25, -0.2) is 4.98 Å². The zero-order chi connectivity index (χ0) is 16.4. The molecule has 3 rings (SSSR count). The molecule has 0 spiro atoms. The van der Waals surface area contributed by atoms with Crippen molar-refractivity contribution in [2.24, 2.45) is 0 Å². The fourth-order valence-corrected chi connectivity index (χ4v) is 2.76. The van der Waals surface area contributed by atoms with E-state index in [4.69, 9.17) is 11.6 Å². The predicted molar refractivity (Wildman–Crippen MR) is 85.6 cm³/mol. The molecule has 0 radical (unpaired) electrons. The molecule has 2 aromatic rings. The van der Waals surface area contributed by atoms with E-state index in [-0.39, 0.29) is 11.5 Å². The van der Waals surface area contributed by atoms with Crippen molar-refractivity contribution in [2.75, 3.05) is 31.1 Å². The van der Waals surface area contributed by atoms with Gasteiger partial charge in [-0.15, -0.1) is 0 Å². The van der Waals surface area contributed by atoms with Crippen LogP contribution in [0.15, 0.2) is 29.6 Å². The van der Waals surface area contributed by atoms with Crippen LogP contribution in [0.1, 0.15) is 13.0 Å². The highest BCUT2D eigenvalue weighted by molar-refractivity contribution is 6.30. The van der Waals surface area contributed by atoms with Gasteiger partial charge in [-0.3, -0.25) is 14.3 Å². The molecule has 9 heteroatoms. The first-order chi connectivity index (χ1) is 11.1. The Morgan fingerprint density at radius 1 is 1.35 bits per heavy atom. The van der Waals surface area contributed by atoms with E-state index in [2.05, 4.69) is 15.1 Å². The Kier molecular flexibility index (Phi) is 4.33. The van der Waals surface area contributed by atoms with Crippen molar-refractivity contribution in [3.63, 3.8) is 0 Å². The van der Waals surface area contributed by atoms with E-state index in [1.165, 1.54) is 12.4 Å². The number of aromatic nitrogens is 4. The zero-order valence-electron chi connectivity index (χ0n) is 12.6. The Hall–Kier alpha value is -2.35. The number of piperazine rings is 1. The largest absolute Gasteiger partial charge is 0.348 e. The number of halogens is 1. The topological polar surface area (TPSA) is 87.1 Å². The molecule has 0 bridgehead atoms. The standard InChI is InChI=1S/C14H17ClN6O2/c1-10(21-9-11(15)8-18-21)14(23)20-6-4-19(5-7-20)12-13(22)17-3-2-16-12/h2-3,8-10H,4-7H2,1H3,(H,17,22)/t10-/m1/s1. The summed E-state index contributed by atoms with van der Waals surface area (Å²) in [4.78, 5) is 34.7. The first kappa shape index (κ1) is 15.5. The van der Waals surface area contributed by atoms with Gasteiger partial charge in [0, 0.05) is 44.8 Å². The maximum atomic E-state index is 12.5. The lowest BCUT2D eigenvalue weighted by molar-refractivity contribution is -0.134. The summed E-state index contributed by atoms with van der Waals surface area (Å²) in [6, 6.07) is -0.410. The number of carbonyl (C=O) groups excluding carboxylic acids is 1. The van der Waals surface area contributed by atoms with Crippen LogP contribution in [0, 0.1) is 0 Å². The Bertz CT molecular complexity index is 749. The summed E-state index contributed by atoms with van der Waals surface area (Å²) in [6.07, 6.45) is 6.20. The molecule has 0 unspecified atom stereocenters. The fourth-order valence-electron chi connectivity index (χ4n) is 2.61. The van der Waals surface area contributed by atoms with E-state index in [9.17, 15) is 9.59 Å². The number of nitrogens with one attached hydrogen (secondary N) is 1. The average molecular weight is 337 g/mol. The Balaban J connectivity index is 1.63. The molecule has 0 saturated carbocycles. The molecule has 1 atom stereocenters. The second kappa shape index (κ2) is 6.41. The van der Waals surface area contributed by atoms with E-state index in [1.807, 2.05) is 4.90 Å². The Morgan fingerprint density at radius 3 is 2.70 bits per heavy atom. The maximum Gasteiger partial charge on any atom is 0.290 e. The summed E-state index contributed by atoms with van der Waals surface area (Å²) in [5.74, 6) is 0.380. The van der Waals surface area contributed by atoms with E-state index < -0.39 is 6.04 Å². The molecule has 1 N–H and O–H groups in total. The van der Waals surface area contributed by atoms with Crippen LogP contribution in [0.3, 0.4) is 0 Å². The minimum atomic E-state index is -0.410. The first-order valence-electron chi connectivity index (χ1n) is 7.33. The van der Waals surface area contributed by atoms with Gasteiger partial charge in [0.25, 0.3) is 5.56 Å². The van der Waals surface area contributed by atoms with E-state index in [0.717, 1.165) is 0 Å². The summed E-state index contributed by atoms with van der Waals surface area (Å²) in [5, 5.41) is 4.58. The summed E-state index contributed by atoms with van der Waals surface area (Å²) in [5.41, 5.74) is -0.216. The van der Waals surface area contributed by atoms with Crippen molar-refractivity contribution in [1.29, 1.82) is 0 Å². The minimum Gasteiger partial charge on any atom is -0.348 e. The number of hydrogen-bond donors (Lipinski definition) is 1. The summed E-state index contributed by atoms with van der Waals surface area (Å²) in [7, 11) is 0. The van der Waals surface area contributed by atoms with Gasteiger partial charge in [-0.2, -0.15) is 5.10 Å². The van der Waals surface area contributed by atoms with Gasteiger partial charge >= 0.3 is 0 Å². The SMILES string of the molecule is C[C@H](C(=O)N1CCN(c2ncc[nH]c2=O)CC1)n1cc(Cl)cn1. The van der Waals surface area contributed by atoms with Crippen LogP contribution in [-0.2, 0) is 4.79 Å². The number of hydrogen-bond acceptors (Lipinski definition) is 5. The molecule has 0 aromatic carbocycles. The van der Waals surface area contributed by atoms with Crippen LogP contribution in [0.25, 0.3) is 0 Å². The van der Waals surface area contributed by atoms with Crippen molar-refractivity contribution >= 4 is 23.3 Å². The average Bonchev–Trinajstić information content (AvgIpc) is 3.01. The molecule has 23 heavy (non-hydrogen) atoms. The van der Waals surface area contributed by atoms with Crippen LogP contribution >= 0.6 is 11.6 Å². The number of H-pyrrole nitrogens is 1. The van der Waals surface area contributed by atoms with Gasteiger partial charge in [-0.05, 0) is 6.92 Å². The normalized spacial score (nSPS) is 16.4. The number of amides is 1. The molecule has 3 heterocycles. The van der Waals surface area contributed by atoms with E-state index in [1.54, 1.807) is 28.9 Å². The van der Waals surface area contributed by atoms with Crippen molar-refractivity contribution in [2.45, 2.75) is 13.0 Å². The second-order valence-corrected chi connectivity index (χ2v) is 5.81. The lowest BCUT2D eigenvalue weighted by Crippen LogP contribution is -2.51. The highest BCUT2D eigenvalue weighted by atomic mass is 35.5. The zero-order valence-corrected chi connectivity index (χ0v) is 13.4. The second-order valence-electron chi connectivity index (χ2n) is 5.37. The Labute approximate surface area is 137 Å². The fraction of sp³-hybridized carbons (Fsp3) is 0.429. The van der Waals surface area contributed by atoms with Crippen molar-refractivity contribution < 1.29 is 4.79 Å².